The van der Waals surface area contributed by atoms with Gasteiger partial charge in [0.1, 0.15) is 11.5 Å². The summed E-state index contributed by atoms with van der Waals surface area (Å²) in [4.78, 5) is 27.6. The van der Waals surface area contributed by atoms with E-state index in [2.05, 4.69) is 4.98 Å². The van der Waals surface area contributed by atoms with E-state index in [4.69, 9.17) is 4.74 Å². The molecular formula is C19H23FN2O5S. The number of rotatable bonds is 8. The van der Waals surface area contributed by atoms with Crippen molar-refractivity contribution < 1.29 is 27.1 Å². The average molecular weight is 410 g/mol. The zero-order valence-electron chi connectivity index (χ0n) is 16.2. The van der Waals surface area contributed by atoms with Gasteiger partial charge in [-0.25, -0.2) is 17.6 Å². The Labute approximate surface area is 163 Å². The predicted molar refractivity (Wildman–Crippen MR) is 101 cm³/mol. The molecule has 28 heavy (non-hydrogen) atoms. The molecule has 0 spiro atoms. The van der Waals surface area contributed by atoms with Crippen molar-refractivity contribution in [2.75, 3.05) is 19.7 Å². The molecule has 152 valence electrons. The summed E-state index contributed by atoms with van der Waals surface area (Å²) in [6.07, 6.45) is 0. The van der Waals surface area contributed by atoms with Crippen LogP contribution in [0, 0.1) is 19.7 Å². The van der Waals surface area contributed by atoms with E-state index in [0.717, 1.165) is 28.6 Å². The molecule has 0 radical (unpaired) electrons. The fourth-order valence-electron chi connectivity index (χ4n) is 2.94. The SMILES string of the molecule is CCOC(=O)c1[nH]c(C)c(C(=O)CN(CC)S(=O)(=O)c2ccc(F)cc2)c1C. The van der Waals surface area contributed by atoms with Gasteiger partial charge in [-0.15, -0.1) is 0 Å². The van der Waals surface area contributed by atoms with Crippen molar-refractivity contribution in [3.63, 3.8) is 0 Å². The lowest BCUT2D eigenvalue weighted by atomic mass is 10.1. The summed E-state index contributed by atoms with van der Waals surface area (Å²) in [6.45, 7) is 6.36. The van der Waals surface area contributed by atoms with Crippen LogP contribution in [0.2, 0.25) is 0 Å². The standard InChI is InChI=1S/C19H23FN2O5S/c1-5-22(28(25,26)15-9-7-14(20)8-10-15)11-16(23)17-12(3)18(21-13(17)4)19(24)27-6-2/h7-10,21H,5-6,11H2,1-4H3. The number of aromatic amines is 1. The second-order valence-corrected chi connectivity index (χ2v) is 8.09. The van der Waals surface area contributed by atoms with Crippen molar-refractivity contribution in [1.82, 2.24) is 9.29 Å². The number of nitrogens with one attached hydrogen (secondary N) is 1. The van der Waals surface area contributed by atoms with Crippen molar-refractivity contribution in [1.29, 1.82) is 0 Å². The van der Waals surface area contributed by atoms with Gasteiger partial charge >= 0.3 is 5.97 Å². The third kappa shape index (κ3) is 4.31. The van der Waals surface area contributed by atoms with Crippen molar-refractivity contribution in [2.24, 2.45) is 0 Å². The summed E-state index contributed by atoms with van der Waals surface area (Å²) >= 11 is 0. The first-order valence-electron chi connectivity index (χ1n) is 8.78. The number of aryl methyl sites for hydroxylation is 1. The highest BCUT2D eigenvalue weighted by Crippen LogP contribution is 2.22. The number of nitrogens with zero attached hydrogens (tertiary/aromatic N) is 1. The number of aromatic nitrogens is 1. The number of carbonyl (C=O) groups excluding carboxylic acids is 2. The molecule has 1 heterocycles. The number of H-pyrrole nitrogens is 1. The maximum atomic E-state index is 13.1. The van der Waals surface area contributed by atoms with E-state index < -0.39 is 34.1 Å². The Balaban J connectivity index is 2.32. The van der Waals surface area contributed by atoms with Crippen LogP contribution in [0.5, 0.6) is 0 Å². The number of esters is 1. The van der Waals surface area contributed by atoms with Gasteiger partial charge in [-0.2, -0.15) is 4.31 Å². The number of likely N-dealkylation sites (N-methyl/N-ethyl adjacent to an activating group) is 1. The summed E-state index contributed by atoms with van der Waals surface area (Å²) in [6, 6.07) is 4.41. The molecule has 1 aromatic heterocycles. The molecule has 0 amide bonds. The topological polar surface area (TPSA) is 96.5 Å². The fourth-order valence-corrected chi connectivity index (χ4v) is 4.34. The molecular weight excluding hydrogens is 387 g/mol. The molecule has 0 fully saturated rings. The third-order valence-corrected chi connectivity index (χ3v) is 6.25. The quantitative estimate of drug-likeness (QED) is 0.533. The zero-order chi connectivity index (χ0) is 21.1. The molecule has 9 heteroatoms. The number of hydrogen-bond donors (Lipinski definition) is 1. The summed E-state index contributed by atoms with van der Waals surface area (Å²) < 4.78 is 44.6. The maximum absolute atomic E-state index is 13.1. The first-order chi connectivity index (χ1) is 13.1. The summed E-state index contributed by atoms with van der Waals surface area (Å²) in [7, 11) is -3.97. The first-order valence-corrected chi connectivity index (χ1v) is 10.2. The van der Waals surface area contributed by atoms with E-state index in [1.807, 2.05) is 0 Å². The van der Waals surface area contributed by atoms with Crippen LogP contribution in [0.25, 0.3) is 0 Å². The maximum Gasteiger partial charge on any atom is 0.355 e. The summed E-state index contributed by atoms with van der Waals surface area (Å²) in [5, 5.41) is 0. The minimum Gasteiger partial charge on any atom is -0.461 e. The van der Waals surface area contributed by atoms with Gasteiger partial charge in [0.25, 0.3) is 0 Å². The number of ether oxygens (including phenoxy) is 1. The van der Waals surface area contributed by atoms with Gasteiger partial charge in [0.05, 0.1) is 18.0 Å². The van der Waals surface area contributed by atoms with Gasteiger partial charge in [-0.05, 0) is 50.6 Å². The molecule has 7 nitrogen and oxygen atoms in total. The van der Waals surface area contributed by atoms with Gasteiger partial charge in [-0.3, -0.25) is 4.79 Å². The molecule has 1 aromatic carbocycles. The van der Waals surface area contributed by atoms with E-state index in [0.29, 0.717) is 11.3 Å². The highest BCUT2D eigenvalue weighted by molar-refractivity contribution is 7.89. The van der Waals surface area contributed by atoms with Crippen LogP contribution in [0.3, 0.4) is 0 Å². The molecule has 0 aliphatic carbocycles. The van der Waals surface area contributed by atoms with Crippen LogP contribution in [0.15, 0.2) is 29.2 Å². The number of hydrogen-bond acceptors (Lipinski definition) is 5. The molecule has 0 bridgehead atoms. The molecule has 0 unspecified atom stereocenters. The lowest BCUT2D eigenvalue weighted by Gasteiger charge is -2.20. The minimum absolute atomic E-state index is 0.0543. The van der Waals surface area contributed by atoms with Crippen LogP contribution >= 0.6 is 0 Å². The second kappa shape index (κ2) is 8.66. The van der Waals surface area contributed by atoms with Crippen LogP contribution in [0.4, 0.5) is 4.39 Å². The number of Topliss-reactive ketones (excluding diaryl/α,β-unsaturated/α-hetero) is 1. The zero-order valence-corrected chi connectivity index (χ0v) is 17.0. The molecule has 2 rings (SSSR count). The van der Waals surface area contributed by atoms with Crippen LogP contribution in [0.1, 0.15) is 46.0 Å². The van der Waals surface area contributed by atoms with E-state index in [-0.39, 0.29) is 29.3 Å². The Morgan fingerprint density at radius 3 is 2.29 bits per heavy atom. The molecule has 0 atom stereocenters. The Morgan fingerprint density at radius 1 is 1.14 bits per heavy atom. The third-order valence-electron chi connectivity index (χ3n) is 4.32. The number of benzene rings is 1. The van der Waals surface area contributed by atoms with E-state index in [1.54, 1.807) is 27.7 Å². The Bertz CT molecular complexity index is 980. The molecule has 0 saturated heterocycles. The first kappa shape index (κ1) is 21.8. The molecule has 0 aliphatic heterocycles. The highest BCUT2D eigenvalue weighted by atomic mass is 32.2. The number of halogens is 1. The van der Waals surface area contributed by atoms with E-state index in [9.17, 15) is 22.4 Å². The lowest BCUT2D eigenvalue weighted by molar-refractivity contribution is 0.0519. The Morgan fingerprint density at radius 2 is 1.75 bits per heavy atom. The molecule has 0 aliphatic rings. The average Bonchev–Trinajstić information content (AvgIpc) is 2.94. The lowest BCUT2D eigenvalue weighted by Crippen LogP contribution is -2.35. The predicted octanol–water partition coefficient (Wildman–Crippen LogP) is 2.84. The van der Waals surface area contributed by atoms with Gasteiger partial charge in [0.2, 0.25) is 10.0 Å². The van der Waals surface area contributed by atoms with Crippen molar-refractivity contribution in [2.45, 2.75) is 32.6 Å². The van der Waals surface area contributed by atoms with Gasteiger partial charge in [-0.1, -0.05) is 6.92 Å². The minimum atomic E-state index is -3.97. The smallest absolute Gasteiger partial charge is 0.355 e. The van der Waals surface area contributed by atoms with Crippen LogP contribution < -0.4 is 0 Å². The van der Waals surface area contributed by atoms with E-state index >= 15 is 0 Å². The normalized spacial score (nSPS) is 11.6. The van der Waals surface area contributed by atoms with Crippen molar-refractivity contribution in [3.8, 4) is 0 Å². The van der Waals surface area contributed by atoms with Crippen molar-refractivity contribution in [3.05, 3.63) is 52.6 Å². The second-order valence-electron chi connectivity index (χ2n) is 6.15. The largest absolute Gasteiger partial charge is 0.461 e. The summed E-state index contributed by atoms with van der Waals surface area (Å²) in [5.41, 5.74) is 1.31. The van der Waals surface area contributed by atoms with E-state index in [1.165, 1.54) is 0 Å². The molecule has 2 aromatic rings. The number of sulfonamides is 1. The Kier molecular flexibility index (Phi) is 6.73. The van der Waals surface area contributed by atoms with Gasteiger partial charge in [0.15, 0.2) is 5.78 Å². The Hall–Kier alpha value is -2.52. The highest BCUT2D eigenvalue weighted by Gasteiger charge is 2.29. The molecule has 1 N–H and O–H groups in total. The van der Waals surface area contributed by atoms with Crippen molar-refractivity contribution >= 4 is 21.8 Å². The van der Waals surface area contributed by atoms with Crippen LogP contribution in [-0.4, -0.2) is 49.2 Å². The monoisotopic (exact) mass is 410 g/mol. The van der Waals surface area contributed by atoms with Crippen LogP contribution in [-0.2, 0) is 14.8 Å². The van der Waals surface area contributed by atoms with Gasteiger partial charge < -0.3 is 9.72 Å². The van der Waals surface area contributed by atoms with Gasteiger partial charge in [0, 0.05) is 17.8 Å². The number of carbonyl (C=O) groups is 2. The summed E-state index contributed by atoms with van der Waals surface area (Å²) in [5.74, 6) is -1.58. The number of ketones is 1. The molecule has 0 saturated carbocycles. The fraction of sp³-hybridized carbons (Fsp3) is 0.368.